The third-order valence-electron chi connectivity index (χ3n) is 2.88. The topological polar surface area (TPSA) is 72.5 Å². The van der Waals surface area contributed by atoms with Crippen LogP contribution in [-0.2, 0) is 6.54 Å². The molecule has 2 amide bonds. The number of ether oxygens (including phenoxy) is 2. The van der Waals surface area contributed by atoms with Gasteiger partial charge in [0, 0.05) is 18.0 Å². The van der Waals surface area contributed by atoms with Crippen molar-refractivity contribution in [3.63, 3.8) is 0 Å². The molecular weight excluding hydrogens is 282 g/mol. The predicted octanol–water partition coefficient (Wildman–Crippen LogP) is 2.81. The fourth-order valence-electron chi connectivity index (χ4n) is 1.87. The molecule has 0 saturated carbocycles. The molecule has 0 saturated heterocycles. The maximum atomic E-state index is 11.9. The second-order valence-corrected chi connectivity index (χ2v) is 4.43. The number of nitrogens with zero attached hydrogens (tertiary/aromatic N) is 1. The van der Waals surface area contributed by atoms with Crippen LogP contribution in [0.3, 0.4) is 0 Å². The molecule has 22 heavy (non-hydrogen) atoms. The second-order valence-electron chi connectivity index (χ2n) is 4.43. The Hall–Kier alpha value is -2.76. The van der Waals surface area contributed by atoms with Gasteiger partial charge in [0.05, 0.1) is 26.0 Å². The largest absolute Gasteiger partial charge is 0.493 e. The summed E-state index contributed by atoms with van der Waals surface area (Å²) < 4.78 is 10.7. The highest BCUT2D eigenvalue weighted by molar-refractivity contribution is 5.89. The zero-order chi connectivity index (χ0) is 15.8. The first-order valence-electron chi connectivity index (χ1n) is 6.98. The first kappa shape index (κ1) is 15.6. The van der Waals surface area contributed by atoms with Crippen LogP contribution in [0.4, 0.5) is 10.5 Å². The molecule has 6 heteroatoms. The van der Waals surface area contributed by atoms with Crippen LogP contribution in [0.15, 0.2) is 42.6 Å². The first-order valence-corrected chi connectivity index (χ1v) is 6.98. The Morgan fingerprint density at radius 1 is 1.23 bits per heavy atom. The Bertz CT molecular complexity index is 617. The highest BCUT2D eigenvalue weighted by Gasteiger charge is 2.07. The Balaban J connectivity index is 1.95. The highest BCUT2D eigenvalue weighted by Crippen LogP contribution is 2.30. The predicted molar refractivity (Wildman–Crippen MR) is 84.3 cm³/mol. The van der Waals surface area contributed by atoms with Crippen LogP contribution in [0, 0.1) is 0 Å². The third-order valence-corrected chi connectivity index (χ3v) is 2.88. The number of carbonyl (C=O) groups is 1. The summed E-state index contributed by atoms with van der Waals surface area (Å²) in [6.45, 7) is 2.77. The number of rotatable bonds is 6. The van der Waals surface area contributed by atoms with Crippen molar-refractivity contribution >= 4 is 11.7 Å². The summed E-state index contributed by atoms with van der Waals surface area (Å²) in [7, 11) is 1.57. The molecule has 1 heterocycles. The molecule has 0 fully saturated rings. The van der Waals surface area contributed by atoms with E-state index in [1.165, 1.54) is 0 Å². The lowest BCUT2D eigenvalue weighted by molar-refractivity contribution is 0.251. The number of nitrogens with one attached hydrogen (secondary N) is 2. The van der Waals surface area contributed by atoms with Gasteiger partial charge in [-0.1, -0.05) is 6.07 Å². The maximum Gasteiger partial charge on any atom is 0.319 e. The Morgan fingerprint density at radius 2 is 2.09 bits per heavy atom. The number of anilines is 1. The van der Waals surface area contributed by atoms with Crippen molar-refractivity contribution in [3.8, 4) is 11.5 Å². The summed E-state index contributed by atoms with van der Waals surface area (Å²) in [6, 6.07) is 10.5. The van der Waals surface area contributed by atoms with E-state index in [2.05, 4.69) is 15.6 Å². The minimum Gasteiger partial charge on any atom is -0.493 e. The summed E-state index contributed by atoms with van der Waals surface area (Å²) in [5.74, 6) is 1.22. The molecular formula is C16H19N3O3. The number of urea groups is 1. The van der Waals surface area contributed by atoms with Crippen LogP contribution in [0.25, 0.3) is 0 Å². The van der Waals surface area contributed by atoms with Gasteiger partial charge in [0.1, 0.15) is 0 Å². The van der Waals surface area contributed by atoms with Gasteiger partial charge in [-0.25, -0.2) is 4.79 Å². The molecule has 116 valence electrons. The maximum absolute atomic E-state index is 11.9. The van der Waals surface area contributed by atoms with Crippen molar-refractivity contribution in [2.75, 3.05) is 19.0 Å². The van der Waals surface area contributed by atoms with Gasteiger partial charge in [0.25, 0.3) is 0 Å². The van der Waals surface area contributed by atoms with E-state index in [4.69, 9.17) is 9.47 Å². The average Bonchev–Trinajstić information content (AvgIpc) is 2.55. The van der Waals surface area contributed by atoms with Crippen molar-refractivity contribution in [1.82, 2.24) is 10.3 Å². The van der Waals surface area contributed by atoms with E-state index in [-0.39, 0.29) is 6.03 Å². The molecule has 0 aliphatic carbocycles. The quantitative estimate of drug-likeness (QED) is 0.860. The van der Waals surface area contributed by atoms with E-state index in [0.29, 0.717) is 30.3 Å². The van der Waals surface area contributed by atoms with Crippen LogP contribution in [-0.4, -0.2) is 24.7 Å². The Labute approximate surface area is 129 Å². The van der Waals surface area contributed by atoms with Gasteiger partial charge in [-0.2, -0.15) is 0 Å². The first-order chi connectivity index (χ1) is 10.7. The molecule has 2 aromatic rings. The Morgan fingerprint density at radius 3 is 2.77 bits per heavy atom. The number of hydrogen-bond donors (Lipinski definition) is 2. The van der Waals surface area contributed by atoms with Crippen molar-refractivity contribution in [2.24, 2.45) is 0 Å². The van der Waals surface area contributed by atoms with Crippen LogP contribution in [0.2, 0.25) is 0 Å². The molecule has 6 nitrogen and oxygen atoms in total. The third kappa shape index (κ3) is 4.37. The van der Waals surface area contributed by atoms with Crippen LogP contribution >= 0.6 is 0 Å². The fraction of sp³-hybridized carbons (Fsp3) is 0.250. The minimum absolute atomic E-state index is 0.307. The zero-order valence-corrected chi connectivity index (χ0v) is 12.6. The van der Waals surface area contributed by atoms with Gasteiger partial charge < -0.3 is 20.1 Å². The molecule has 2 N–H and O–H groups in total. The zero-order valence-electron chi connectivity index (χ0n) is 12.6. The number of pyridine rings is 1. The van der Waals surface area contributed by atoms with E-state index in [1.54, 1.807) is 31.5 Å². The van der Waals surface area contributed by atoms with Crippen molar-refractivity contribution in [2.45, 2.75) is 13.5 Å². The molecule has 2 rings (SSSR count). The number of methoxy groups -OCH3 is 1. The molecule has 1 aromatic heterocycles. The van der Waals surface area contributed by atoms with Gasteiger partial charge >= 0.3 is 6.03 Å². The number of benzene rings is 1. The molecule has 0 aliphatic heterocycles. The lowest BCUT2D eigenvalue weighted by Crippen LogP contribution is -2.28. The van der Waals surface area contributed by atoms with E-state index >= 15 is 0 Å². The van der Waals surface area contributed by atoms with Gasteiger partial charge in [-0.15, -0.1) is 0 Å². The number of hydrogen-bond acceptors (Lipinski definition) is 4. The highest BCUT2D eigenvalue weighted by atomic mass is 16.5. The van der Waals surface area contributed by atoms with Gasteiger partial charge in [-0.3, -0.25) is 4.98 Å². The standard InChI is InChI=1S/C16H19N3O3/c1-3-22-15-10-12(7-8-14(15)21-2)19-16(20)18-11-13-6-4-5-9-17-13/h4-10H,3,11H2,1-2H3,(H2,18,19,20). The van der Waals surface area contributed by atoms with Gasteiger partial charge in [0.15, 0.2) is 11.5 Å². The number of carbonyl (C=O) groups excluding carboxylic acids is 1. The summed E-state index contributed by atoms with van der Waals surface area (Å²) in [5, 5.41) is 5.49. The molecule has 0 radical (unpaired) electrons. The molecule has 0 atom stereocenters. The second kappa shape index (κ2) is 7.87. The van der Waals surface area contributed by atoms with E-state index < -0.39 is 0 Å². The summed E-state index contributed by atoms with van der Waals surface area (Å²) in [6.07, 6.45) is 1.69. The van der Waals surface area contributed by atoms with Gasteiger partial charge in [-0.05, 0) is 31.2 Å². The lowest BCUT2D eigenvalue weighted by Gasteiger charge is -2.12. The molecule has 0 spiro atoms. The summed E-state index contributed by atoms with van der Waals surface area (Å²) in [5.41, 5.74) is 1.42. The van der Waals surface area contributed by atoms with Crippen LogP contribution in [0.1, 0.15) is 12.6 Å². The fourth-order valence-corrected chi connectivity index (χ4v) is 1.87. The molecule has 0 aliphatic rings. The SMILES string of the molecule is CCOc1cc(NC(=O)NCc2ccccn2)ccc1OC. The molecule has 1 aromatic carbocycles. The summed E-state index contributed by atoms with van der Waals surface area (Å²) in [4.78, 5) is 16.0. The van der Waals surface area contributed by atoms with Crippen molar-refractivity contribution < 1.29 is 14.3 Å². The monoisotopic (exact) mass is 301 g/mol. The average molecular weight is 301 g/mol. The molecule has 0 bridgehead atoms. The van der Waals surface area contributed by atoms with Crippen molar-refractivity contribution in [1.29, 1.82) is 0 Å². The smallest absolute Gasteiger partial charge is 0.319 e. The summed E-state index contributed by atoms with van der Waals surface area (Å²) >= 11 is 0. The lowest BCUT2D eigenvalue weighted by atomic mass is 10.2. The van der Waals surface area contributed by atoms with Gasteiger partial charge in [0.2, 0.25) is 0 Å². The van der Waals surface area contributed by atoms with E-state index in [1.807, 2.05) is 25.1 Å². The minimum atomic E-state index is -0.307. The van der Waals surface area contributed by atoms with Crippen LogP contribution < -0.4 is 20.1 Å². The molecule has 0 unspecified atom stereocenters. The normalized spacial score (nSPS) is 9.91. The Kier molecular flexibility index (Phi) is 5.59. The number of amides is 2. The van der Waals surface area contributed by atoms with E-state index in [0.717, 1.165) is 5.69 Å². The number of aromatic nitrogens is 1. The van der Waals surface area contributed by atoms with Crippen LogP contribution in [0.5, 0.6) is 11.5 Å². The van der Waals surface area contributed by atoms with Crippen molar-refractivity contribution in [3.05, 3.63) is 48.3 Å². The van der Waals surface area contributed by atoms with E-state index in [9.17, 15) is 4.79 Å².